The van der Waals surface area contributed by atoms with Crippen molar-refractivity contribution >= 4 is 5.97 Å². The van der Waals surface area contributed by atoms with Crippen LogP contribution in [0, 0.1) is 31.6 Å². The molecule has 40 heavy (non-hydrogen) atoms. The van der Waals surface area contributed by atoms with Crippen LogP contribution >= 0.6 is 0 Å². The van der Waals surface area contributed by atoms with Gasteiger partial charge in [-0.1, -0.05) is 52.9 Å². The van der Waals surface area contributed by atoms with Gasteiger partial charge in [0.05, 0.1) is 5.92 Å². The molecule has 0 radical (unpaired) electrons. The molecule has 0 bridgehead atoms. The van der Waals surface area contributed by atoms with E-state index < -0.39 is 41.2 Å². The van der Waals surface area contributed by atoms with E-state index in [9.17, 15) is 31.1 Å². The van der Waals surface area contributed by atoms with E-state index in [-0.39, 0.29) is 49.0 Å². The van der Waals surface area contributed by atoms with Gasteiger partial charge in [-0.2, -0.15) is 26.3 Å². The van der Waals surface area contributed by atoms with Crippen molar-refractivity contribution in [2.24, 2.45) is 17.8 Å². The second-order valence-electron chi connectivity index (χ2n) is 12.4. The van der Waals surface area contributed by atoms with Crippen LogP contribution in [0.1, 0.15) is 121 Å². The largest absolute Gasteiger partial charge is 0.487 e. The third kappa shape index (κ3) is 9.57. The number of carbonyl (C=O) groups is 1. The molecule has 0 aromatic heterocycles. The molecule has 0 aliphatic carbocycles. The highest BCUT2D eigenvalue weighted by molar-refractivity contribution is 5.72. The van der Waals surface area contributed by atoms with Crippen LogP contribution in [0.25, 0.3) is 0 Å². The fourth-order valence-corrected chi connectivity index (χ4v) is 5.74. The molecule has 0 fully saturated rings. The summed E-state index contributed by atoms with van der Waals surface area (Å²) in [5.41, 5.74) is -1.39. The van der Waals surface area contributed by atoms with Gasteiger partial charge in [0.15, 0.2) is 0 Å². The molecule has 0 amide bonds. The minimum Gasteiger partial charge on any atom is -0.487 e. The molecule has 0 saturated heterocycles. The molecule has 1 aromatic rings. The predicted octanol–water partition coefficient (Wildman–Crippen LogP) is 10.3. The Hall–Kier alpha value is -1.93. The van der Waals surface area contributed by atoms with Gasteiger partial charge >= 0.3 is 18.3 Å². The first-order valence-corrected chi connectivity index (χ1v) is 14.5. The first-order chi connectivity index (χ1) is 18.4. The maximum absolute atomic E-state index is 14.1. The Morgan fingerprint density at radius 1 is 0.925 bits per heavy atom. The second kappa shape index (κ2) is 13.8. The van der Waals surface area contributed by atoms with Crippen molar-refractivity contribution in [3.05, 3.63) is 22.3 Å². The zero-order valence-corrected chi connectivity index (χ0v) is 25.0. The van der Waals surface area contributed by atoms with Crippen molar-refractivity contribution in [2.45, 2.75) is 137 Å². The van der Waals surface area contributed by atoms with Crippen LogP contribution in [0.5, 0.6) is 11.5 Å². The van der Waals surface area contributed by atoms with Crippen LogP contribution in [-0.2, 0) is 17.4 Å². The molecule has 0 spiro atoms. The standard InChI is InChI=1S/C31H46F6O3/c1-19(2)11-8-12-20(3)13-9-14-24(30(32,33)34)15-10-17-29(7)18-16-25-26(31(35,36)37)28(39-23(6)38)22(5)21(4)27(25)40-29/h19-20,24H,8-18H2,1-7H3. The molecule has 1 aliphatic rings. The lowest BCUT2D eigenvalue weighted by molar-refractivity contribution is -0.179. The third-order valence-electron chi connectivity index (χ3n) is 8.28. The highest BCUT2D eigenvalue weighted by Crippen LogP contribution is 2.50. The lowest BCUT2D eigenvalue weighted by Gasteiger charge is -2.39. The Labute approximate surface area is 235 Å². The average Bonchev–Trinajstić information content (AvgIpc) is 2.80. The molecular weight excluding hydrogens is 534 g/mol. The summed E-state index contributed by atoms with van der Waals surface area (Å²) in [6.45, 7) is 12.3. The maximum Gasteiger partial charge on any atom is 0.420 e. The van der Waals surface area contributed by atoms with Crippen LogP contribution in [-0.4, -0.2) is 17.7 Å². The van der Waals surface area contributed by atoms with Crippen LogP contribution in [0.3, 0.4) is 0 Å². The van der Waals surface area contributed by atoms with E-state index in [4.69, 9.17) is 9.47 Å². The molecule has 0 saturated carbocycles. The average molecular weight is 581 g/mol. The van der Waals surface area contributed by atoms with Gasteiger partial charge in [-0.3, -0.25) is 4.79 Å². The molecule has 0 N–H and O–H groups in total. The monoisotopic (exact) mass is 580 g/mol. The number of carbonyl (C=O) groups excluding carboxylic acids is 1. The van der Waals surface area contributed by atoms with E-state index in [0.717, 1.165) is 32.6 Å². The Balaban J connectivity index is 2.08. The SMILES string of the molecule is CC(=O)Oc1c(C)c(C)c2c(c1C(F)(F)F)CCC(C)(CCCC(CCCC(C)CCCC(C)C)C(F)(F)F)O2. The highest BCUT2D eigenvalue weighted by atomic mass is 19.4. The van der Waals surface area contributed by atoms with Crippen molar-refractivity contribution in [2.75, 3.05) is 0 Å². The number of halogens is 6. The molecule has 2 rings (SSSR count). The summed E-state index contributed by atoms with van der Waals surface area (Å²) in [7, 11) is 0. The summed E-state index contributed by atoms with van der Waals surface area (Å²) >= 11 is 0. The van der Waals surface area contributed by atoms with Crippen LogP contribution < -0.4 is 9.47 Å². The van der Waals surface area contributed by atoms with E-state index in [0.29, 0.717) is 30.2 Å². The summed E-state index contributed by atoms with van der Waals surface area (Å²) < 4.78 is 94.8. The Bertz CT molecular complexity index is 999. The first kappa shape index (κ1) is 34.3. The van der Waals surface area contributed by atoms with Gasteiger partial charge in [-0.15, -0.1) is 0 Å². The quantitative estimate of drug-likeness (QED) is 0.132. The number of alkyl halides is 6. The fourth-order valence-electron chi connectivity index (χ4n) is 5.74. The van der Waals surface area contributed by atoms with Crippen LogP contribution in [0.15, 0.2) is 0 Å². The smallest absolute Gasteiger partial charge is 0.420 e. The summed E-state index contributed by atoms with van der Waals surface area (Å²) in [4.78, 5) is 11.5. The highest BCUT2D eigenvalue weighted by Gasteiger charge is 2.45. The number of hydrogen-bond donors (Lipinski definition) is 0. The van der Waals surface area contributed by atoms with Crippen molar-refractivity contribution in [1.82, 2.24) is 0 Å². The minimum absolute atomic E-state index is 0.0213. The van der Waals surface area contributed by atoms with E-state index in [2.05, 4.69) is 20.8 Å². The van der Waals surface area contributed by atoms with E-state index in [1.807, 2.05) is 0 Å². The Morgan fingerprint density at radius 3 is 2.02 bits per heavy atom. The van der Waals surface area contributed by atoms with Crippen molar-refractivity contribution < 1.29 is 40.6 Å². The van der Waals surface area contributed by atoms with Gasteiger partial charge in [0.1, 0.15) is 22.7 Å². The first-order valence-electron chi connectivity index (χ1n) is 14.5. The molecule has 1 aromatic carbocycles. The normalized spacial score (nSPS) is 19.2. The minimum atomic E-state index is -4.77. The number of benzene rings is 1. The lowest BCUT2D eigenvalue weighted by Crippen LogP contribution is -2.38. The fraction of sp³-hybridized carbons (Fsp3) is 0.774. The number of esters is 1. The summed E-state index contributed by atoms with van der Waals surface area (Å²) in [5.74, 6) is -1.64. The molecular formula is C31H46F6O3. The van der Waals surface area contributed by atoms with Gasteiger partial charge in [0, 0.05) is 12.5 Å². The summed E-state index contributed by atoms with van der Waals surface area (Å²) in [6.07, 6.45) is -3.64. The molecule has 3 atom stereocenters. The van der Waals surface area contributed by atoms with Crippen LogP contribution in [0.2, 0.25) is 0 Å². The Kier molecular flexibility index (Phi) is 11.8. The number of ether oxygens (including phenoxy) is 2. The van der Waals surface area contributed by atoms with Crippen LogP contribution in [0.4, 0.5) is 26.3 Å². The molecule has 3 unspecified atom stereocenters. The van der Waals surface area contributed by atoms with E-state index in [1.54, 1.807) is 13.8 Å². The number of rotatable bonds is 13. The molecule has 9 heteroatoms. The summed E-state index contributed by atoms with van der Waals surface area (Å²) in [5, 5.41) is 0. The zero-order chi connectivity index (χ0) is 30.5. The molecule has 1 heterocycles. The molecule has 230 valence electrons. The van der Waals surface area contributed by atoms with Crippen molar-refractivity contribution in [3.63, 3.8) is 0 Å². The lowest BCUT2D eigenvalue weighted by atomic mass is 9.83. The van der Waals surface area contributed by atoms with Gasteiger partial charge < -0.3 is 9.47 Å². The zero-order valence-electron chi connectivity index (χ0n) is 25.0. The van der Waals surface area contributed by atoms with E-state index >= 15 is 0 Å². The van der Waals surface area contributed by atoms with Gasteiger partial charge in [0.2, 0.25) is 0 Å². The molecule has 1 aliphatic heterocycles. The second-order valence-corrected chi connectivity index (χ2v) is 12.4. The van der Waals surface area contributed by atoms with Gasteiger partial charge in [-0.25, -0.2) is 0 Å². The summed E-state index contributed by atoms with van der Waals surface area (Å²) in [6, 6.07) is 0. The predicted molar refractivity (Wildman–Crippen MR) is 145 cm³/mol. The Morgan fingerprint density at radius 2 is 1.50 bits per heavy atom. The third-order valence-corrected chi connectivity index (χ3v) is 8.28. The number of fused-ring (bicyclic) bond motifs is 1. The van der Waals surface area contributed by atoms with Gasteiger partial charge in [-0.05, 0) is 82.3 Å². The van der Waals surface area contributed by atoms with Crippen molar-refractivity contribution in [3.8, 4) is 11.5 Å². The van der Waals surface area contributed by atoms with Gasteiger partial charge in [0.25, 0.3) is 0 Å². The number of hydrogen-bond acceptors (Lipinski definition) is 3. The molecule has 3 nitrogen and oxygen atoms in total. The van der Waals surface area contributed by atoms with E-state index in [1.165, 1.54) is 6.92 Å². The topological polar surface area (TPSA) is 35.5 Å². The van der Waals surface area contributed by atoms with Crippen molar-refractivity contribution in [1.29, 1.82) is 0 Å². The maximum atomic E-state index is 14.1.